The van der Waals surface area contributed by atoms with Crippen LogP contribution in [0.25, 0.3) is 6.08 Å². The number of ether oxygens (including phenoxy) is 1. The van der Waals surface area contributed by atoms with Crippen LogP contribution in [0.3, 0.4) is 0 Å². The van der Waals surface area contributed by atoms with E-state index in [1.54, 1.807) is 0 Å². The highest BCUT2D eigenvalue weighted by atomic mass is 19.4. The molecule has 0 aliphatic heterocycles. The molecule has 0 saturated carbocycles. The van der Waals surface area contributed by atoms with E-state index in [0.717, 1.165) is 24.3 Å². The second kappa shape index (κ2) is 6.64. The van der Waals surface area contributed by atoms with Crippen LogP contribution < -0.4 is 4.74 Å². The molecule has 0 aromatic heterocycles. The van der Waals surface area contributed by atoms with Gasteiger partial charge in [0.05, 0.1) is 12.7 Å². The van der Waals surface area contributed by atoms with Crippen LogP contribution in [0.15, 0.2) is 48.5 Å². The number of carbonyl (C=O) groups is 1. The van der Waals surface area contributed by atoms with Gasteiger partial charge in [-0.15, -0.1) is 0 Å². The summed E-state index contributed by atoms with van der Waals surface area (Å²) in [6.07, 6.45) is -2.11. The zero-order valence-corrected chi connectivity index (χ0v) is 12.0. The molecule has 0 aliphatic carbocycles. The first-order valence-corrected chi connectivity index (χ1v) is 6.54. The Bertz CT molecular complexity index is 748. The summed E-state index contributed by atoms with van der Waals surface area (Å²) in [5.74, 6) is -1.21. The van der Waals surface area contributed by atoms with E-state index in [9.17, 15) is 22.4 Å². The summed E-state index contributed by atoms with van der Waals surface area (Å²) >= 11 is 0. The van der Waals surface area contributed by atoms with Gasteiger partial charge in [0.1, 0.15) is 0 Å². The number of halogens is 4. The lowest BCUT2D eigenvalue weighted by molar-refractivity contribution is -0.137. The van der Waals surface area contributed by atoms with E-state index >= 15 is 0 Å². The summed E-state index contributed by atoms with van der Waals surface area (Å²) in [5.41, 5.74) is -0.503. The Kier molecular flexibility index (Phi) is 4.83. The Balaban J connectivity index is 2.20. The third-order valence-electron chi connectivity index (χ3n) is 3.08. The standard InChI is InChI=1S/C17H12F4O2/c1-23-16-8-6-12(10-14(16)18)15(22)7-5-11-3-2-4-13(9-11)17(19,20)21/h2-10H,1H3/b7-5+. The minimum atomic E-state index is -4.45. The van der Waals surface area contributed by atoms with E-state index in [0.29, 0.717) is 0 Å². The molecule has 23 heavy (non-hydrogen) atoms. The molecule has 120 valence electrons. The molecule has 2 rings (SSSR count). The van der Waals surface area contributed by atoms with Gasteiger partial charge in [-0.1, -0.05) is 18.2 Å². The second-order valence-corrected chi connectivity index (χ2v) is 4.67. The van der Waals surface area contributed by atoms with Gasteiger partial charge in [0.25, 0.3) is 0 Å². The van der Waals surface area contributed by atoms with Crippen molar-refractivity contribution in [3.63, 3.8) is 0 Å². The van der Waals surface area contributed by atoms with Crippen molar-refractivity contribution in [2.24, 2.45) is 0 Å². The fourth-order valence-electron chi connectivity index (χ4n) is 1.91. The highest BCUT2D eigenvalue weighted by Gasteiger charge is 2.30. The van der Waals surface area contributed by atoms with Gasteiger partial charge in [-0.2, -0.15) is 13.2 Å². The fraction of sp³-hybridized carbons (Fsp3) is 0.118. The fourth-order valence-corrected chi connectivity index (χ4v) is 1.91. The Morgan fingerprint density at radius 1 is 1.13 bits per heavy atom. The highest BCUT2D eigenvalue weighted by molar-refractivity contribution is 6.06. The number of allylic oxidation sites excluding steroid dienone is 1. The van der Waals surface area contributed by atoms with Gasteiger partial charge in [0, 0.05) is 5.56 Å². The topological polar surface area (TPSA) is 26.3 Å². The van der Waals surface area contributed by atoms with Crippen molar-refractivity contribution in [2.75, 3.05) is 7.11 Å². The molecule has 0 atom stereocenters. The normalized spacial score (nSPS) is 11.7. The number of hydrogen-bond donors (Lipinski definition) is 0. The molecule has 0 radical (unpaired) electrons. The van der Waals surface area contributed by atoms with Crippen molar-refractivity contribution < 1.29 is 27.1 Å². The molecule has 0 N–H and O–H groups in total. The van der Waals surface area contributed by atoms with Crippen molar-refractivity contribution in [2.45, 2.75) is 6.18 Å². The molecule has 2 aromatic rings. The molecule has 0 spiro atoms. The molecule has 0 aliphatic rings. The van der Waals surface area contributed by atoms with E-state index in [-0.39, 0.29) is 16.9 Å². The van der Waals surface area contributed by atoms with Crippen molar-refractivity contribution in [1.82, 2.24) is 0 Å². The summed E-state index contributed by atoms with van der Waals surface area (Å²) in [5, 5.41) is 0. The maximum atomic E-state index is 13.5. The molecular weight excluding hydrogens is 312 g/mol. The zero-order valence-electron chi connectivity index (χ0n) is 12.0. The van der Waals surface area contributed by atoms with Crippen LogP contribution in [-0.4, -0.2) is 12.9 Å². The number of hydrogen-bond acceptors (Lipinski definition) is 2. The van der Waals surface area contributed by atoms with E-state index in [1.807, 2.05) is 0 Å². The van der Waals surface area contributed by atoms with Crippen LogP contribution >= 0.6 is 0 Å². The number of alkyl halides is 3. The molecule has 0 bridgehead atoms. The number of carbonyl (C=O) groups excluding carboxylic acids is 1. The summed E-state index contributed by atoms with van der Waals surface area (Å²) in [7, 11) is 1.30. The largest absolute Gasteiger partial charge is 0.494 e. The molecular formula is C17H12F4O2. The summed E-state index contributed by atoms with van der Waals surface area (Å²) < 4.78 is 56.1. The van der Waals surface area contributed by atoms with E-state index in [4.69, 9.17) is 4.74 Å². The van der Waals surface area contributed by atoms with Gasteiger partial charge in [-0.05, 0) is 42.0 Å². The van der Waals surface area contributed by atoms with E-state index in [2.05, 4.69) is 0 Å². The van der Waals surface area contributed by atoms with Gasteiger partial charge in [-0.25, -0.2) is 4.39 Å². The third kappa shape index (κ3) is 4.18. The van der Waals surface area contributed by atoms with Gasteiger partial charge in [0.2, 0.25) is 0 Å². The van der Waals surface area contributed by atoms with Crippen LogP contribution in [0, 0.1) is 5.82 Å². The lowest BCUT2D eigenvalue weighted by Crippen LogP contribution is -2.04. The molecule has 6 heteroatoms. The predicted molar refractivity (Wildman–Crippen MR) is 77.8 cm³/mol. The van der Waals surface area contributed by atoms with E-state index in [1.165, 1.54) is 37.5 Å². The van der Waals surface area contributed by atoms with Gasteiger partial charge in [-0.3, -0.25) is 4.79 Å². The molecule has 0 heterocycles. The molecule has 0 unspecified atom stereocenters. The van der Waals surface area contributed by atoms with Gasteiger partial charge in [0.15, 0.2) is 17.3 Å². The van der Waals surface area contributed by atoms with E-state index < -0.39 is 23.3 Å². The zero-order chi connectivity index (χ0) is 17.0. The average molecular weight is 324 g/mol. The lowest BCUT2D eigenvalue weighted by Gasteiger charge is -2.06. The van der Waals surface area contributed by atoms with Crippen molar-refractivity contribution >= 4 is 11.9 Å². The first-order valence-electron chi connectivity index (χ1n) is 6.54. The smallest absolute Gasteiger partial charge is 0.416 e. The molecule has 2 aromatic carbocycles. The molecule has 2 nitrogen and oxygen atoms in total. The van der Waals surface area contributed by atoms with Gasteiger partial charge < -0.3 is 4.74 Å². The number of benzene rings is 2. The minimum Gasteiger partial charge on any atom is -0.494 e. The highest BCUT2D eigenvalue weighted by Crippen LogP contribution is 2.29. The van der Waals surface area contributed by atoms with Crippen LogP contribution in [0.4, 0.5) is 17.6 Å². The number of methoxy groups -OCH3 is 1. The number of ketones is 1. The van der Waals surface area contributed by atoms with Crippen LogP contribution in [0.1, 0.15) is 21.5 Å². The Morgan fingerprint density at radius 2 is 1.87 bits per heavy atom. The maximum absolute atomic E-state index is 13.5. The average Bonchev–Trinajstić information content (AvgIpc) is 2.52. The first kappa shape index (κ1) is 16.7. The monoisotopic (exact) mass is 324 g/mol. The van der Waals surface area contributed by atoms with Crippen LogP contribution in [-0.2, 0) is 6.18 Å². The summed E-state index contributed by atoms with van der Waals surface area (Å²) in [4.78, 5) is 11.9. The quantitative estimate of drug-likeness (QED) is 0.461. The van der Waals surface area contributed by atoms with Crippen LogP contribution in [0.5, 0.6) is 5.75 Å². The summed E-state index contributed by atoms with van der Waals surface area (Å²) in [6, 6.07) is 8.25. The van der Waals surface area contributed by atoms with Crippen molar-refractivity contribution in [3.05, 3.63) is 71.0 Å². The van der Waals surface area contributed by atoms with Gasteiger partial charge >= 0.3 is 6.18 Å². The van der Waals surface area contributed by atoms with Crippen molar-refractivity contribution in [3.8, 4) is 5.75 Å². The molecule has 0 amide bonds. The lowest BCUT2D eigenvalue weighted by atomic mass is 10.1. The van der Waals surface area contributed by atoms with Crippen LogP contribution in [0.2, 0.25) is 0 Å². The maximum Gasteiger partial charge on any atom is 0.416 e. The number of rotatable bonds is 4. The SMILES string of the molecule is COc1ccc(C(=O)/C=C/c2cccc(C(F)(F)F)c2)cc1F. The Labute approximate surface area is 130 Å². The third-order valence-corrected chi connectivity index (χ3v) is 3.08. The minimum absolute atomic E-state index is 0.00316. The second-order valence-electron chi connectivity index (χ2n) is 4.67. The summed E-state index contributed by atoms with van der Waals surface area (Å²) in [6.45, 7) is 0. The predicted octanol–water partition coefficient (Wildman–Crippen LogP) is 4.75. The molecule has 0 fully saturated rings. The van der Waals surface area contributed by atoms with Crippen molar-refractivity contribution in [1.29, 1.82) is 0 Å². The Hall–Kier alpha value is -2.63. The first-order chi connectivity index (χ1) is 10.8. The molecule has 0 saturated heterocycles. The Morgan fingerprint density at radius 3 is 2.48 bits per heavy atom.